The number of hydrogen-bond acceptors (Lipinski definition) is 22. The number of aromatic amines is 1. The summed E-state index contributed by atoms with van der Waals surface area (Å²) in [5, 5.41) is 75.1. The summed E-state index contributed by atoms with van der Waals surface area (Å²) in [6.45, 7) is 14.1. The number of likely N-dealkylation sites (tertiary alicyclic amines) is 1. The van der Waals surface area contributed by atoms with E-state index in [0.717, 1.165) is 17.8 Å². The molecule has 0 spiro atoms. The summed E-state index contributed by atoms with van der Waals surface area (Å²) in [4.78, 5) is 239. The Morgan fingerprint density at radius 1 is 0.477 bits per heavy atom. The van der Waals surface area contributed by atoms with Gasteiger partial charge in [-0.25, -0.2) is 0 Å². The number of aliphatic hydroxyl groups is 1. The second-order valence-corrected chi connectivity index (χ2v) is 33.4. The molecule has 1 aliphatic heterocycles. The maximum Gasteiger partial charge on any atom is 0.303 e. The number of hydrogen-bond donors (Lipinski definition) is 24. The highest BCUT2D eigenvalue weighted by atomic mass is 16.4. The first-order chi connectivity index (χ1) is 60.4. The number of nitrogens with zero attached hydrogens (tertiary/aromatic N) is 1. The fourth-order valence-corrected chi connectivity index (χ4v) is 14.2. The van der Waals surface area contributed by atoms with Gasteiger partial charge in [0, 0.05) is 62.3 Å². The number of rotatable bonds is 55. The number of carboxylic acid groups (broad SMARTS) is 1. The second-order valence-electron chi connectivity index (χ2n) is 33.4. The summed E-state index contributed by atoms with van der Waals surface area (Å²) in [5.74, 6) is -16.8. The number of aliphatic carboxylic acids is 1. The third-order valence-corrected chi connectivity index (χ3v) is 21.0. The predicted molar refractivity (Wildman–Crippen MR) is 471 cm³/mol. The lowest BCUT2D eigenvalue weighted by Crippen LogP contribution is -2.61. The summed E-state index contributed by atoms with van der Waals surface area (Å²) in [6, 6.07) is 1.36. The van der Waals surface area contributed by atoms with Gasteiger partial charge in [0.2, 0.25) is 94.5 Å². The van der Waals surface area contributed by atoms with Crippen LogP contribution >= 0.6 is 0 Å². The topological polar surface area (TPSA) is 692 Å². The molecule has 0 radical (unpaired) electrons. The lowest BCUT2D eigenvalue weighted by atomic mass is 9.98. The van der Waals surface area contributed by atoms with Crippen LogP contribution in [0, 0.1) is 23.2 Å². The quantitative estimate of drug-likeness (QED) is 0.0117. The average molecular weight is 1790 g/mol. The molecule has 1 fully saturated rings. The van der Waals surface area contributed by atoms with Crippen molar-refractivity contribution >= 4 is 117 Å². The number of primary amides is 2. The van der Waals surface area contributed by atoms with Gasteiger partial charge < -0.3 is 128 Å². The maximum atomic E-state index is 15.0. The summed E-state index contributed by atoms with van der Waals surface area (Å²) in [6.07, 6.45) is -0.685. The molecule has 1 saturated heterocycles. The Kier molecular flexibility index (Phi) is 43.7. The molecule has 1 aromatic heterocycles. The molecule has 704 valence electrons. The molecule has 3 aromatic carbocycles. The maximum absolute atomic E-state index is 15.0. The number of benzene rings is 3. The number of phenols is 1. The van der Waals surface area contributed by atoms with Crippen LogP contribution in [0.4, 0.5) is 0 Å². The third-order valence-electron chi connectivity index (χ3n) is 21.0. The SMILES string of the molecule is CC(C)C[C@H](NC(=O)[C@H](CCCCN)NC(=O)[C@H](CC(C)C)NC(=O)[C@H](CC(C)C)NC(=O)[C@H](Cc1ccccc1)NC(=O)[C@H](Cc1ccc(O)cc1)NC(=O)[C@H](C)NC(=O)[C@@H](NC(=O)[C@H](CCC(=O)O)NC(=O)[C@@H](N)CCC(N)=O)[C@@H](C)O)C(=O)N[C@@H](C)C(=O)NCC(=O)N[C@@H](CCCNC(=N)N)C(=O)N[C@@H](Cc1c[nH]c2ccccc12)C(=O)N1CCC[C@H]1C(N)=O. The number of aromatic hydroxyl groups is 1. The summed E-state index contributed by atoms with van der Waals surface area (Å²) >= 11 is 0. The predicted octanol–water partition coefficient (Wildman–Crippen LogP) is -3.28. The molecule has 0 aliphatic carbocycles. The number of carboxylic acids is 1. The van der Waals surface area contributed by atoms with Gasteiger partial charge in [0.15, 0.2) is 5.96 Å². The van der Waals surface area contributed by atoms with Crippen LogP contribution in [0.5, 0.6) is 5.75 Å². The van der Waals surface area contributed by atoms with Crippen LogP contribution in [0.1, 0.15) is 169 Å². The number of unbranched alkanes of at least 4 members (excludes halogenated alkanes) is 1. The number of nitrogens with one attached hydrogen (secondary N) is 16. The number of guanidine groups is 1. The molecule has 16 amide bonds. The van der Waals surface area contributed by atoms with Gasteiger partial charge in [-0.1, -0.05) is 102 Å². The van der Waals surface area contributed by atoms with Gasteiger partial charge in [-0.05, 0) is 157 Å². The Hall–Kier alpha value is -12.9. The van der Waals surface area contributed by atoms with E-state index in [9.17, 15) is 96.8 Å². The van der Waals surface area contributed by atoms with E-state index in [1.165, 1.54) is 43.0 Å². The van der Waals surface area contributed by atoms with Gasteiger partial charge in [0.05, 0.1) is 18.7 Å². The second kappa shape index (κ2) is 52.9. The van der Waals surface area contributed by atoms with E-state index in [-0.39, 0.29) is 120 Å². The first-order valence-corrected chi connectivity index (χ1v) is 43.0. The summed E-state index contributed by atoms with van der Waals surface area (Å²) < 4.78 is 0. The Morgan fingerprint density at radius 3 is 1.48 bits per heavy atom. The van der Waals surface area contributed by atoms with Crippen LogP contribution in [0.3, 0.4) is 0 Å². The average Bonchev–Trinajstić information content (AvgIpc) is 1.65. The van der Waals surface area contributed by atoms with Gasteiger partial charge in [-0.15, -0.1) is 0 Å². The van der Waals surface area contributed by atoms with Crippen LogP contribution in [0.15, 0.2) is 85.1 Å². The van der Waals surface area contributed by atoms with E-state index in [1.54, 1.807) is 78.1 Å². The first-order valence-electron chi connectivity index (χ1n) is 43.0. The van der Waals surface area contributed by atoms with Crippen molar-refractivity contribution in [1.82, 2.24) is 84.3 Å². The minimum atomic E-state index is -1.86. The van der Waals surface area contributed by atoms with Gasteiger partial charge in [0.25, 0.3) is 0 Å². The molecule has 42 heteroatoms. The van der Waals surface area contributed by atoms with Crippen LogP contribution in [0.2, 0.25) is 0 Å². The zero-order valence-corrected chi connectivity index (χ0v) is 73.9. The van der Waals surface area contributed by atoms with Crippen molar-refractivity contribution in [3.05, 3.63) is 102 Å². The molecular formula is C86H130N22O20. The molecular weight excluding hydrogens is 1660 g/mol. The number of H-pyrrole nitrogens is 1. The standard InChI is InChI=1S/C86H130N22O20/c1-45(2)37-61(79(122)96-48(7)73(116)95-44-69(112)98-58(24-17-35-93-86(91)92)76(119)106-66(85(128)108-36-18-25-67(108)72(90)115)42-53-43-94-57-22-14-13-21-55(53)57)102-77(120)59(23-15-16-34-87)100-80(123)62(38-46(3)4)103-81(124)63(39-47(5)6)104-83(126)65(40-51-19-11-10-12-20-51)105-82(125)64(41-52-26-28-54(110)29-27-52)101-74(117)49(8)97-84(127)71(50(9)109)107-78(121)60(31-33-70(113)114)99-75(118)56(88)30-32-68(89)111/h10-14,19-22,26-29,43,45-50,56,58-67,71,94,109-110H,15-18,23-25,30-42,44,87-88H2,1-9H3,(H2,89,111)(H2,90,115)(H,95,116)(H,96,122)(H,97,127)(H,98,112)(H,99,118)(H,100,123)(H,101,117)(H,102,120)(H,103,124)(H,104,126)(H,105,125)(H,106,119)(H,107,121)(H,113,114)(H4,91,92,93)/t48-,49-,50+,56-,58-,59-,60-,61-,62-,63-,64-,65-,66-,67-,71-/m0/s1. The van der Waals surface area contributed by atoms with Crippen LogP contribution in [-0.2, 0) is 101 Å². The molecule has 4 aromatic rings. The highest BCUT2D eigenvalue weighted by molar-refractivity contribution is 6.01. The van der Waals surface area contributed by atoms with Crippen molar-refractivity contribution in [2.24, 2.45) is 46.4 Å². The molecule has 5 rings (SSSR count). The van der Waals surface area contributed by atoms with E-state index in [1.807, 2.05) is 24.3 Å². The largest absolute Gasteiger partial charge is 0.508 e. The Morgan fingerprint density at radius 2 is 0.938 bits per heavy atom. The molecule has 1 aliphatic rings. The van der Waals surface area contributed by atoms with Crippen LogP contribution in [-0.4, -0.2) is 249 Å². The smallest absolute Gasteiger partial charge is 0.303 e. The summed E-state index contributed by atoms with van der Waals surface area (Å²) in [7, 11) is 0. The van der Waals surface area contributed by atoms with Crippen molar-refractivity contribution in [2.45, 2.75) is 262 Å². The van der Waals surface area contributed by atoms with Crippen molar-refractivity contribution < 1.29 is 96.8 Å². The normalized spacial score (nSPS) is 15.7. The molecule has 29 N–H and O–H groups in total. The number of fused-ring (bicyclic) bond motifs is 1. The third kappa shape index (κ3) is 36.2. The van der Waals surface area contributed by atoms with Crippen molar-refractivity contribution in [2.75, 3.05) is 26.2 Å². The lowest BCUT2D eigenvalue weighted by Gasteiger charge is -2.29. The van der Waals surface area contributed by atoms with Gasteiger partial charge in [-0.2, -0.15) is 0 Å². The number of aliphatic hydroxyl groups excluding tert-OH is 1. The Bertz CT molecular complexity index is 4470. The van der Waals surface area contributed by atoms with Gasteiger partial charge in [-0.3, -0.25) is 86.9 Å². The molecule has 15 atom stereocenters. The molecule has 0 unspecified atom stereocenters. The number of aromatic nitrogens is 1. The van der Waals surface area contributed by atoms with E-state index >= 15 is 0 Å². The minimum absolute atomic E-state index is 0.0119. The highest BCUT2D eigenvalue weighted by Gasteiger charge is 2.41. The molecule has 0 saturated carbocycles. The van der Waals surface area contributed by atoms with Crippen LogP contribution in [0.25, 0.3) is 10.9 Å². The number of para-hydroxylation sites is 1. The molecule has 128 heavy (non-hydrogen) atoms. The zero-order chi connectivity index (χ0) is 95.2. The fraction of sp³-hybridized carbons (Fsp3) is 0.558. The van der Waals surface area contributed by atoms with E-state index < -0.39 is 211 Å². The monoisotopic (exact) mass is 1790 g/mol. The highest BCUT2D eigenvalue weighted by Crippen LogP contribution is 2.24. The Labute approximate surface area is 742 Å². The lowest BCUT2D eigenvalue weighted by molar-refractivity contribution is -0.141. The van der Waals surface area contributed by atoms with E-state index in [2.05, 4.69) is 79.4 Å². The van der Waals surface area contributed by atoms with E-state index in [4.69, 9.17) is 34.1 Å². The fourth-order valence-electron chi connectivity index (χ4n) is 14.2. The molecule has 42 nitrogen and oxygen atoms in total. The summed E-state index contributed by atoms with van der Waals surface area (Å²) in [5.41, 5.74) is 30.5. The van der Waals surface area contributed by atoms with Crippen molar-refractivity contribution in [3.63, 3.8) is 0 Å². The first kappa shape index (κ1) is 106. The van der Waals surface area contributed by atoms with Crippen molar-refractivity contribution in [3.8, 4) is 5.75 Å². The van der Waals surface area contributed by atoms with E-state index in [0.29, 0.717) is 42.4 Å². The number of carbonyl (C=O) groups is 17. The molecule has 2 heterocycles. The molecule has 0 bridgehead atoms. The number of carbonyl (C=O) groups excluding carboxylic acids is 16. The number of phenolic OH excluding ortho intramolecular Hbond substituents is 1. The number of nitrogens with two attached hydrogens (primary N) is 5. The van der Waals surface area contributed by atoms with Gasteiger partial charge in [0.1, 0.15) is 84.3 Å². The van der Waals surface area contributed by atoms with Crippen LogP contribution < -0.4 is 103 Å². The van der Waals surface area contributed by atoms with Gasteiger partial charge >= 0.3 is 5.97 Å². The number of amides is 16. The Balaban J connectivity index is 1.32. The minimum Gasteiger partial charge on any atom is -0.508 e. The van der Waals surface area contributed by atoms with Crippen molar-refractivity contribution in [1.29, 1.82) is 5.41 Å². The zero-order valence-electron chi connectivity index (χ0n) is 73.9.